The van der Waals surface area contributed by atoms with Crippen LogP contribution < -0.4 is 19.6 Å². The van der Waals surface area contributed by atoms with Crippen molar-refractivity contribution in [3.8, 4) is 0 Å². The Morgan fingerprint density at radius 1 is 0.185 bits per heavy atom. The lowest BCUT2D eigenvalue weighted by Gasteiger charge is -2.28. The highest BCUT2D eigenvalue weighted by Gasteiger charge is 2.27. The van der Waals surface area contributed by atoms with Gasteiger partial charge in [0.15, 0.2) is 0 Å². The molecule has 0 amide bonds. The van der Waals surface area contributed by atoms with Crippen LogP contribution in [0.15, 0.2) is 291 Å². The molecule has 0 aliphatic heterocycles. The number of anilines is 12. The predicted molar refractivity (Wildman–Crippen MR) is 331 cm³/mol. The monoisotopic (exact) mass is 1040 g/mol. The van der Waals surface area contributed by atoms with Crippen LogP contribution in [0.4, 0.5) is 69.3 Å². The zero-order valence-corrected chi connectivity index (χ0v) is 43.9. The second-order valence-corrected chi connectivity index (χ2v) is 19.7. The first-order valence-corrected chi connectivity index (χ1v) is 27.0. The maximum absolute atomic E-state index is 5.50. The Kier molecular flexibility index (Phi) is 12.7. The molecule has 0 spiro atoms. The van der Waals surface area contributed by atoms with Crippen LogP contribution in [0, 0.1) is 0 Å². The van der Waals surface area contributed by atoms with Crippen molar-refractivity contribution in [2.24, 2.45) is 0 Å². The fourth-order valence-corrected chi connectivity index (χ4v) is 10.6. The number of benzene rings is 12. The van der Waals surface area contributed by atoms with Crippen LogP contribution in [0.1, 0.15) is 11.6 Å². The Labute approximate surface area is 468 Å². The predicted octanol–water partition coefficient (Wildman–Crippen LogP) is 18.1. The first kappa shape index (κ1) is 48.3. The van der Waals surface area contributed by atoms with Gasteiger partial charge in [-0.05, 0) is 140 Å². The highest BCUT2D eigenvalue weighted by molar-refractivity contribution is 5.92. The van der Waals surface area contributed by atoms with Gasteiger partial charge in [0.25, 0.3) is 0 Å². The van der Waals surface area contributed by atoms with E-state index in [4.69, 9.17) is 29.9 Å². The van der Waals surface area contributed by atoms with Gasteiger partial charge in [0.1, 0.15) is 11.6 Å². The van der Waals surface area contributed by atoms with Crippen LogP contribution >= 0.6 is 0 Å². The Morgan fingerprint density at radius 3 is 0.630 bits per heavy atom. The van der Waals surface area contributed by atoms with E-state index in [2.05, 4.69) is 238 Å². The highest BCUT2D eigenvalue weighted by atomic mass is 15.4. The summed E-state index contributed by atoms with van der Waals surface area (Å²) in [6.07, 6.45) is 0.0897. The van der Waals surface area contributed by atoms with E-state index >= 15 is 0 Å². The third-order valence-corrected chi connectivity index (χ3v) is 14.5. The molecule has 0 radical (unpaired) electrons. The van der Waals surface area contributed by atoms with Crippen molar-refractivity contribution in [2.45, 2.75) is 6.42 Å². The topological polar surface area (TPSA) is 90.3 Å². The van der Waals surface area contributed by atoms with Gasteiger partial charge >= 0.3 is 0 Å². The second kappa shape index (κ2) is 21.4. The van der Waals surface area contributed by atoms with Crippen LogP contribution in [0.2, 0.25) is 0 Å². The summed E-state index contributed by atoms with van der Waals surface area (Å²) in [5, 5.41) is 8.84. The molecule has 81 heavy (non-hydrogen) atoms. The van der Waals surface area contributed by atoms with E-state index in [0.717, 1.165) is 88.6 Å². The molecule has 0 aliphatic carbocycles. The average Bonchev–Trinajstić information content (AvgIpc) is 3.53. The Hall–Kier alpha value is -11.1. The standard InChI is InChI=1S/C71H50N10/c1-5-29-58(30-6-1)78(62-41-37-50-21-13-17-25-54(50)45-62)68-72-66(73-69(76-68)79(59-31-7-2-8-32-59)63-42-38-51-22-14-18-26-55(51)46-63)49-67-74-70(80(60-33-9-3-10-34-60)64-43-39-52-23-15-19-27-56(52)47-64)77-71(75-67)81(61-35-11-4-12-36-61)65-44-40-53-24-16-20-28-57(53)48-65/h1-48H,49H2. The van der Waals surface area contributed by atoms with Crippen molar-refractivity contribution in [3.63, 3.8) is 0 Å². The summed E-state index contributed by atoms with van der Waals surface area (Å²) in [6.45, 7) is 0. The van der Waals surface area contributed by atoms with Crippen molar-refractivity contribution in [3.05, 3.63) is 303 Å². The molecule has 0 saturated heterocycles. The molecule has 0 atom stereocenters. The molecule has 10 nitrogen and oxygen atoms in total. The number of nitrogens with zero attached hydrogens (tertiary/aromatic N) is 10. The van der Waals surface area contributed by atoms with Crippen molar-refractivity contribution >= 4 is 112 Å². The normalized spacial score (nSPS) is 11.3. The first-order valence-electron chi connectivity index (χ1n) is 27.0. The molecule has 0 unspecified atom stereocenters. The van der Waals surface area contributed by atoms with Gasteiger partial charge in [-0.1, -0.05) is 194 Å². The van der Waals surface area contributed by atoms with Crippen molar-refractivity contribution in [1.82, 2.24) is 29.9 Å². The largest absolute Gasteiger partial charge is 0.279 e. The smallest absolute Gasteiger partial charge is 0.239 e. The molecule has 0 aliphatic rings. The average molecular weight is 1040 g/mol. The maximum atomic E-state index is 5.50. The number of hydrogen-bond acceptors (Lipinski definition) is 10. The highest BCUT2D eigenvalue weighted by Crippen LogP contribution is 2.41. The number of hydrogen-bond donors (Lipinski definition) is 0. The SMILES string of the molecule is c1ccc(N(c2ccc3ccccc3c2)c2nc(Cc3nc(N(c4ccccc4)c4ccc5ccccc5c4)nc(N(c4ccccc4)c4ccc5ccccc5c4)n3)nc(N(c3ccccc3)c3ccc4ccccc4c3)n2)cc1. The minimum Gasteiger partial charge on any atom is -0.279 e. The van der Waals surface area contributed by atoms with Crippen molar-refractivity contribution < 1.29 is 0 Å². The molecule has 12 aromatic carbocycles. The second-order valence-electron chi connectivity index (χ2n) is 19.7. The molecular formula is C71H50N10. The quantitative estimate of drug-likeness (QED) is 0.105. The van der Waals surface area contributed by atoms with Crippen LogP contribution in [0.25, 0.3) is 43.1 Å². The molecule has 14 rings (SSSR count). The molecule has 2 aromatic heterocycles. The van der Waals surface area contributed by atoms with Gasteiger partial charge < -0.3 is 0 Å². The molecular weight excluding hydrogens is 993 g/mol. The minimum atomic E-state index is 0.0897. The molecule has 384 valence electrons. The van der Waals surface area contributed by atoms with E-state index in [9.17, 15) is 0 Å². The minimum absolute atomic E-state index is 0.0897. The Bertz CT molecular complexity index is 3970. The van der Waals surface area contributed by atoms with E-state index in [1.165, 1.54) is 0 Å². The van der Waals surface area contributed by atoms with Crippen LogP contribution in [0.5, 0.6) is 0 Å². The number of fused-ring (bicyclic) bond motifs is 4. The fraction of sp³-hybridized carbons (Fsp3) is 0.0141. The zero-order chi connectivity index (χ0) is 53.9. The summed E-state index contributed by atoms with van der Waals surface area (Å²) in [6, 6.07) is 100. The molecule has 10 heteroatoms. The lowest BCUT2D eigenvalue weighted by atomic mass is 10.1. The Balaban J connectivity index is 1.02. The summed E-state index contributed by atoms with van der Waals surface area (Å²) in [5.74, 6) is 2.54. The van der Waals surface area contributed by atoms with Gasteiger partial charge in [0, 0.05) is 45.5 Å². The van der Waals surface area contributed by atoms with Gasteiger partial charge in [0.05, 0.1) is 6.42 Å². The fourth-order valence-electron chi connectivity index (χ4n) is 10.6. The number of aromatic nitrogens is 6. The maximum Gasteiger partial charge on any atom is 0.239 e. The lowest BCUT2D eigenvalue weighted by molar-refractivity contribution is 0.835. The van der Waals surface area contributed by atoms with E-state index in [1.807, 2.05) is 72.8 Å². The van der Waals surface area contributed by atoms with E-state index in [0.29, 0.717) is 35.4 Å². The van der Waals surface area contributed by atoms with Crippen molar-refractivity contribution in [1.29, 1.82) is 0 Å². The third kappa shape index (κ3) is 9.85. The van der Waals surface area contributed by atoms with Crippen LogP contribution in [0.3, 0.4) is 0 Å². The van der Waals surface area contributed by atoms with Gasteiger partial charge in [-0.25, -0.2) is 0 Å². The lowest BCUT2D eigenvalue weighted by Crippen LogP contribution is -2.22. The summed E-state index contributed by atoms with van der Waals surface area (Å²) in [5.41, 5.74) is 7.03. The van der Waals surface area contributed by atoms with E-state index in [1.54, 1.807) is 0 Å². The van der Waals surface area contributed by atoms with Gasteiger partial charge in [-0.15, -0.1) is 0 Å². The summed E-state index contributed by atoms with van der Waals surface area (Å²) >= 11 is 0. The molecule has 2 heterocycles. The van der Waals surface area contributed by atoms with Gasteiger partial charge in [0.2, 0.25) is 23.8 Å². The zero-order valence-electron chi connectivity index (χ0n) is 43.9. The van der Waals surface area contributed by atoms with Gasteiger partial charge in [-0.3, -0.25) is 19.6 Å². The molecule has 0 fully saturated rings. The number of rotatable bonds is 14. The van der Waals surface area contributed by atoms with Crippen LogP contribution in [-0.2, 0) is 6.42 Å². The Morgan fingerprint density at radius 2 is 0.395 bits per heavy atom. The molecule has 0 saturated carbocycles. The summed E-state index contributed by atoms with van der Waals surface area (Å²) in [4.78, 5) is 41.3. The van der Waals surface area contributed by atoms with Crippen molar-refractivity contribution in [2.75, 3.05) is 19.6 Å². The van der Waals surface area contributed by atoms with E-state index < -0.39 is 0 Å². The summed E-state index contributed by atoms with van der Waals surface area (Å²) < 4.78 is 0. The van der Waals surface area contributed by atoms with Gasteiger partial charge in [-0.2, -0.15) is 29.9 Å². The van der Waals surface area contributed by atoms with E-state index in [-0.39, 0.29) is 6.42 Å². The molecule has 14 aromatic rings. The molecule has 0 N–H and O–H groups in total. The number of para-hydroxylation sites is 4. The van der Waals surface area contributed by atoms with Crippen LogP contribution in [-0.4, -0.2) is 29.9 Å². The molecule has 0 bridgehead atoms. The third-order valence-electron chi connectivity index (χ3n) is 14.5. The first-order chi connectivity index (χ1) is 40.1. The summed E-state index contributed by atoms with van der Waals surface area (Å²) in [7, 11) is 0.